The number of rotatable bonds is 6. The van der Waals surface area contributed by atoms with E-state index in [2.05, 4.69) is 21.3 Å². The molecule has 3 atom stereocenters. The van der Waals surface area contributed by atoms with Crippen molar-refractivity contribution in [2.75, 3.05) is 19.7 Å². The number of ether oxygens (including phenoxy) is 1. The summed E-state index contributed by atoms with van der Waals surface area (Å²) >= 11 is 5.64. The number of hydrogen-bond acceptors (Lipinski definition) is 5. The van der Waals surface area contributed by atoms with E-state index in [4.69, 9.17) is 16.3 Å². The first-order chi connectivity index (χ1) is 14.4. The Bertz CT molecular complexity index is 862. The predicted molar refractivity (Wildman–Crippen MR) is 109 cm³/mol. The van der Waals surface area contributed by atoms with Crippen LogP contribution in [0.2, 0.25) is 5.02 Å². The summed E-state index contributed by atoms with van der Waals surface area (Å²) in [5.41, 5.74) is -0.417. The van der Waals surface area contributed by atoms with Gasteiger partial charge in [-0.3, -0.25) is 9.59 Å². The third-order valence-electron chi connectivity index (χ3n) is 6.98. The number of halogens is 2. The van der Waals surface area contributed by atoms with Gasteiger partial charge in [0.2, 0.25) is 5.91 Å². The zero-order valence-corrected chi connectivity index (χ0v) is 17.4. The van der Waals surface area contributed by atoms with Crippen LogP contribution < -0.4 is 26.0 Å². The smallest absolute Gasteiger partial charge is 0.258 e. The van der Waals surface area contributed by atoms with E-state index in [1.807, 2.05) is 0 Å². The zero-order chi connectivity index (χ0) is 20.9. The van der Waals surface area contributed by atoms with Gasteiger partial charge in [0.05, 0.1) is 17.1 Å². The summed E-state index contributed by atoms with van der Waals surface area (Å²) < 4.78 is 18.8. The van der Waals surface area contributed by atoms with Gasteiger partial charge in [-0.2, -0.15) is 0 Å². The van der Waals surface area contributed by atoms with E-state index >= 15 is 0 Å². The van der Waals surface area contributed by atoms with Crippen LogP contribution >= 0.6 is 11.6 Å². The molecule has 1 aromatic rings. The fraction of sp³-hybridized carbons (Fsp3) is 0.619. The average Bonchev–Trinajstić information content (AvgIpc) is 3.14. The maximum atomic E-state index is 13.4. The molecule has 4 N–H and O–H groups in total. The summed E-state index contributed by atoms with van der Waals surface area (Å²) in [4.78, 5) is 25.0. The maximum Gasteiger partial charge on any atom is 0.258 e. The largest absolute Gasteiger partial charge is 0.484 e. The Morgan fingerprint density at radius 3 is 2.73 bits per heavy atom. The highest BCUT2D eigenvalue weighted by Crippen LogP contribution is 2.60. The SMILES string of the molecule is O=C(COc1ccc(Cl)c(F)c1)NC12CC(NC(=O)C3CNC4NCCC4C3)(C1)C2. The lowest BCUT2D eigenvalue weighted by atomic mass is 9.44. The Hall–Kier alpha value is -1.90. The highest BCUT2D eigenvalue weighted by Gasteiger charge is 2.69. The highest BCUT2D eigenvalue weighted by molar-refractivity contribution is 6.30. The van der Waals surface area contributed by atoms with Gasteiger partial charge in [0, 0.05) is 23.7 Å². The zero-order valence-electron chi connectivity index (χ0n) is 16.6. The molecule has 0 spiro atoms. The number of piperidine rings is 1. The fourth-order valence-corrected chi connectivity index (χ4v) is 5.75. The molecule has 3 unspecified atom stereocenters. The summed E-state index contributed by atoms with van der Waals surface area (Å²) in [6.07, 6.45) is 4.65. The topological polar surface area (TPSA) is 91.5 Å². The molecule has 6 rings (SSSR count). The quantitative estimate of drug-likeness (QED) is 0.540. The summed E-state index contributed by atoms with van der Waals surface area (Å²) in [5, 5.41) is 13.1. The van der Waals surface area contributed by atoms with Gasteiger partial charge in [-0.05, 0) is 56.7 Å². The van der Waals surface area contributed by atoms with Crippen LogP contribution in [0.15, 0.2) is 18.2 Å². The second kappa shape index (κ2) is 7.35. The lowest BCUT2D eigenvalue weighted by Crippen LogP contribution is -2.84. The van der Waals surface area contributed by atoms with Gasteiger partial charge in [0.25, 0.3) is 5.91 Å². The molecule has 162 valence electrons. The molecule has 2 bridgehead atoms. The van der Waals surface area contributed by atoms with Crippen molar-refractivity contribution >= 4 is 23.4 Å². The molecule has 2 heterocycles. The van der Waals surface area contributed by atoms with Gasteiger partial charge < -0.3 is 26.0 Å². The third-order valence-corrected chi connectivity index (χ3v) is 7.28. The van der Waals surface area contributed by atoms with Crippen molar-refractivity contribution in [2.45, 2.75) is 49.3 Å². The maximum absolute atomic E-state index is 13.4. The number of hydrogen-bond donors (Lipinski definition) is 4. The molecule has 5 aliphatic rings. The van der Waals surface area contributed by atoms with Crippen LogP contribution in [-0.4, -0.2) is 48.8 Å². The first kappa shape index (κ1) is 20.0. The summed E-state index contributed by atoms with van der Waals surface area (Å²) in [6, 6.07) is 4.07. The van der Waals surface area contributed by atoms with Crippen LogP contribution in [0, 0.1) is 17.7 Å². The van der Waals surface area contributed by atoms with Gasteiger partial charge >= 0.3 is 0 Å². The van der Waals surface area contributed by atoms with E-state index in [1.54, 1.807) is 0 Å². The summed E-state index contributed by atoms with van der Waals surface area (Å²) in [5.74, 6) is 0.0942. The molecule has 1 aromatic carbocycles. The summed E-state index contributed by atoms with van der Waals surface area (Å²) in [7, 11) is 0. The van der Waals surface area contributed by atoms with Crippen LogP contribution in [0.4, 0.5) is 4.39 Å². The van der Waals surface area contributed by atoms with Crippen molar-refractivity contribution in [2.24, 2.45) is 11.8 Å². The minimum atomic E-state index is -0.584. The van der Waals surface area contributed by atoms with Gasteiger partial charge in [-0.25, -0.2) is 4.39 Å². The highest BCUT2D eigenvalue weighted by atomic mass is 35.5. The van der Waals surface area contributed by atoms with E-state index < -0.39 is 5.82 Å². The third kappa shape index (κ3) is 3.65. The van der Waals surface area contributed by atoms with Crippen LogP contribution in [0.25, 0.3) is 0 Å². The van der Waals surface area contributed by atoms with Gasteiger partial charge in [-0.15, -0.1) is 0 Å². The Balaban J connectivity index is 1.05. The molecule has 3 aliphatic carbocycles. The van der Waals surface area contributed by atoms with E-state index in [0.717, 1.165) is 44.7 Å². The Kier molecular flexibility index (Phi) is 4.91. The lowest BCUT2D eigenvalue weighted by Gasteiger charge is -2.70. The minimum Gasteiger partial charge on any atom is -0.484 e. The summed E-state index contributed by atoms with van der Waals surface area (Å²) in [6.45, 7) is 1.53. The molecule has 2 amide bonds. The standard InChI is InChI=1S/C21H26ClFN4O3/c22-15-2-1-14(6-16(15)23)30-8-17(28)26-20-9-21(10-20,11-20)27-19(29)13-5-12-3-4-24-18(12)25-7-13/h1-2,6,12-13,18,24-25H,3-5,7-11H2,(H,26,28)(H,27,29). The molecule has 9 heteroatoms. The van der Waals surface area contributed by atoms with Gasteiger partial charge in [0.15, 0.2) is 6.61 Å². The monoisotopic (exact) mass is 436 g/mol. The minimum absolute atomic E-state index is 0.0109. The first-order valence-electron chi connectivity index (χ1n) is 10.5. The number of benzene rings is 1. The molecular weight excluding hydrogens is 411 g/mol. The average molecular weight is 437 g/mol. The second-order valence-electron chi connectivity index (χ2n) is 9.31. The number of amides is 2. The van der Waals surface area contributed by atoms with E-state index in [9.17, 15) is 14.0 Å². The molecule has 30 heavy (non-hydrogen) atoms. The van der Waals surface area contributed by atoms with Gasteiger partial charge in [0.1, 0.15) is 11.6 Å². The molecule has 0 aromatic heterocycles. The molecule has 2 aliphatic heterocycles. The predicted octanol–water partition coefficient (Wildman–Crippen LogP) is 1.31. The number of fused-ring (bicyclic) bond motifs is 1. The van der Waals surface area contributed by atoms with Gasteiger partial charge in [-0.1, -0.05) is 11.6 Å². The van der Waals surface area contributed by atoms with E-state index in [-0.39, 0.29) is 46.2 Å². The molecule has 7 nitrogen and oxygen atoms in total. The molecule has 0 radical (unpaired) electrons. The first-order valence-corrected chi connectivity index (χ1v) is 10.9. The van der Waals surface area contributed by atoms with Crippen LogP contribution in [0.3, 0.4) is 0 Å². The number of carbonyl (C=O) groups excluding carboxylic acids is 2. The van der Waals surface area contributed by atoms with Crippen LogP contribution in [-0.2, 0) is 9.59 Å². The van der Waals surface area contributed by atoms with Crippen molar-refractivity contribution < 1.29 is 18.7 Å². The van der Waals surface area contributed by atoms with Crippen molar-refractivity contribution in [3.05, 3.63) is 29.0 Å². The Morgan fingerprint density at radius 1 is 1.20 bits per heavy atom. The molecule has 2 saturated heterocycles. The van der Waals surface area contributed by atoms with E-state index in [0.29, 0.717) is 18.6 Å². The number of carbonyl (C=O) groups is 2. The molecule has 3 saturated carbocycles. The normalized spacial score (nSPS) is 36.1. The van der Waals surface area contributed by atoms with Crippen molar-refractivity contribution in [1.82, 2.24) is 21.3 Å². The Morgan fingerprint density at radius 2 is 1.97 bits per heavy atom. The lowest BCUT2D eigenvalue weighted by molar-refractivity contribution is -0.153. The second-order valence-corrected chi connectivity index (χ2v) is 9.72. The fourth-order valence-electron chi connectivity index (χ4n) is 5.63. The van der Waals surface area contributed by atoms with E-state index in [1.165, 1.54) is 12.1 Å². The molecular formula is C21H26ClFN4O3. The molecule has 5 fully saturated rings. The van der Waals surface area contributed by atoms with Crippen molar-refractivity contribution in [3.8, 4) is 5.75 Å². The van der Waals surface area contributed by atoms with Crippen LogP contribution in [0.5, 0.6) is 5.75 Å². The number of nitrogens with one attached hydrogen (secondary N) is 4. The van der Waals surface area contributed by atoms with Crippen LogP contribution in [0.1, 0.15) is 32.1 Å². The van der Waals surface area contributed by atoms with Crippen molar-refractivity contribution in [1.29, 1.82) is 0 Å². The van der Waals surface area contributed by atoms with Crippen molar-refractivity contribution in [3.63, 3.8) is 0 Å². The Labute approximate surface area is 179 Å².